The second-order valence-electron chi connectivity index (χ2n) is 9.51. The summed E-state index contributed by atoms with van der Waals surface area (Å²) >= 11 is 1.31. The van der Waals surface area contributed by atoms with Crippen molar-refractivity contribution in [1.82, 2.24) is 15.8 Å². The van der Waals surface area contributed by atoms with Crippen LogP contribution in [0, 0.1) is 0 Å². The SMILES string of the molecule is O=C(NN(Cc1cccc(Oc2ccccc2)c1)C(=O)NC(CSCc1ccccc1)C(=O)O)c1ccc(C(F)(F)F)cc1. The van der Waals surface area contributed by atoms with E-state index in [4.69, 9.17) is 4.74 Å². The van der Waals surface area contributed by atoms with Crippen LogP contribution in [0.2, 0.25) is 0 Å². The molecule has 0 aliphatic rings. The summed E-state index contributed by atoms with van der Waals surface area (Å²) in [6, 6.07) is 26.3. The minimum Gasteiger partial charge on any atom is -0.480 e. The molecule has 4 aromatic carbocycles. The van der Waals surface area contributed by atoms with E-state index in [1.165, 1.54) is 11.8 Å². The molecule has 12 heteroatoms. The second kappa shape index (κ2) is 15.0. The van der Waals surface area contributed by atoms with Crippen LogP contribution in [0.1, 0.15) is 27.0 Å². The molecule has 0 bridgehead atoms. The van der Waals surface area contributed by atoms with Gasteiger partial charge in [-0.1, -0.05) is 60.7 Å². The van der Waals surface area contributed by atoms with Crippen LogP contribution in [0.15, 0.2) is 109 Å². The topological polar surface area (TPSA) is 108 Å². The summed E-state index contributed by atoms with van der Waals surface area (Å²) in [5.41, 5.74) is 2.83. The minimum absolute atomic E-state index is 0.0387. The van der Waals surface area contributed by atoms with Crippen LogP contribution >= 0.6 is 11.8 Å². The lowest BCUT2D eigenvalue weighted by Gasteiger charge is -2.26. The first-order valence-corrected chi connectivity index (χ1v) is 14.5. The summed E-state index contributed by atoms with van der Waals surface area (Å²) in [5.74, 6) is -0.557. The van der Waals surface area contributed by atoms with Crippen LogP contribution in [-0.4, -0.2) is 39.8 Å². The van der Waals surface area contributed by atoms with Crippen LogP contribution in [0.5, 0.6) is 11.5 Å². The summed E-state index contributed by atoms with van der Waals surface area (Å²) in [4.78, 5) is 38.4. The number of nitrogens with one attached hydrogen (secondary N) is 2. The molecule has 4 rings (SSSR count). The predicted octanol–water partition coefficient (Wildman–Crippen LogP) is 6.74. The van der Waals surface area contributed by atoms with Crippen molar-refractivity contribution in [2.75, 3.05) is 5.75 Å². The van der Waals surface area contributed by atoms with Crippen molar-refractivity contribution in [3.63, 3.8) is 0 Å². The van der Waals surface area contributed by atoms with E-state index in [9.17, 15) is 32.7 Å². The molecule has 4 aromatic rings. The number of benzene rings is 4. The van der Waals surface area contributed by atoms with Crippen molar-refractivity contribution in [2.45, 2.75) is 24.5 Å². The first-order chi connectivity index (χ1) is 21.1. The van der Waals surface area contributed by atoms with Crippen LogP contribution in [-0.2, 0) is 23.3 Å². The number of halogens is 3. The Morgan fingerprint density at radius 3 is 2.07 bits per heavy atom. The predicted molar refractivity (Wildman–Crippen MR) is 160 cm³/mol. The van der Waals surface area contributed by atoms with Crippen molar-refractivity contribution in [1.29, 1.82) is 0 Å². The molecule has 0 aliphatic carbocycles. The number of hydrogen-bond acceptors (Lipinski definition) is 5. The summed E-state index contributed by atoms with van der Waals surface area (Å²) in [7, 11) is 0. The summed E-state index contributed by atoms with van der Waals surface area (Å²) < 4.78 is 44.8. The van der Waals surface area contributed by atoms with Gasteiger partial charge in [-0.3, -0.25) is 10.2 Å². The van der Waals surface area contributed by atoms with Gasteiger partial charge < -0.3 is 15.2 Å². The molecule has 0 saturated carbocycles. The summed E-state index contributed by atoms with van der Waals surface area (Å²) in [6.07, 6.45) is -4.59. The van der Waals surface area contributed by atoms with E-state index in [-0.39, 0.29) is 17.9 Å². The number of aliphatic carboxylic acids is 1. The molecule has 0 radical (unpaired) electrons. The number of hydrogen-bond donors (Lipinski definition) is 3. The third-order valence-corrected chi connectivity index (χ3v) is 7.27. The van der Waals surface area contributed by atoms with Crippen molar-refractivity contribution in [3.05, 3.63) is 131 Å². The van der Waals surface area contributed by atoms with Gasteiger partial charge in [0.15, 0.2) is 0 Å². The normalized spacial score (nSPS) is 11.7. The molecule has 44 heavy (non-hydrogen) atoms. The number of rotatable bonds is 11. The maximum Gasteiger partial charge on any atom is 0.416 e. The van der Waals surface area contributed by atoms with E-state index in [1.807, 2.05) is 36.4 Å². The molecule has 3 N–H and O–H groups in total. The van der Waals surface area contributed by atoms with Crippen LogP contribution in [0.25, 0.3) is 0 Å². The van der Waals surface area contributed by atoms with E-state index >= 15 is 0 Å². The number of ether oxygens (including phenoxy) is 1. The molecule has 1 atom stereocenters. The Kier molecular flexibility index (Phi) is 10.9. The maximum atomic E-state index is 13.4. The number of carboxylic acids is 1. The first-order valence-electron chi connectivity index (χ1n) is 13.3. The molecule has 3 amide bonds. The third-order valence-electron chi connectivity index (χ3n) is 6.17. The van der Waals surface area contributed by atoms with E-state index in [0.29, 0.717) is 22.8 Å². The molecule has 0 aromatic heterocycles. The van der Waals surface area contributed by atoms with Crippen LogP contribution in [0.4, 0.5) is 18.0 Å². The highest BCUT2D eigenvalue weighted by atomic mass is 32.2. The van der Waals surface area contributed by atoms with E-state index in [0.717, 1.165) is 34.8 Å². The molecule has 0 spiro atoms. The number of carbonyl (C=O) groups excluding carboxylic acids is 2. The quantitative estimate of drug-likeness (QED) is 0.160. The minimum atomic E-state index is -4.59. The summed E-state index contributed by atoms with van der Waals surface area (Å²) in [6.45, 7) is -0.215. The number of hydrazine groups is 1. The monoisotopic (exact) mass is 623 g/mol. The fourth-order valence-electron chi connectivity index (χ4n) is 3.94. The molecule has 0 fully saturated rings. The average molecular weight is 624 g/mol. The zero-order valence-corrected chi connectivity index (χ0v) is 24.0. The zero-order chi connectivity index (χ0) is 31.5. The molecular formula is C32H28F3N3O5S. The summed E-state index contributed by atoms with van der Waals surface area (Å²) in [5, 5.41) is 13.1. The molecule has 8 nitrogen and oxygen atoms in total. The van der Waals surface area contributed by atoms with Crippen molar-refractivity contribution < 1.29 is 37.4 Å². The molecule has 228 valence electrons. The van der Waals surface area contributed by atoms with Gasteiger partial charge in [0.1, 0.15) is 17.5 Å². The van der Waals surface area contributed by atoms with Gasteiger partial charge in [0.05, 0.1) is 12.1 Å². The van der Waals surface area contributed by atoms with Gasteiger partial charge in [-0.15, -0.1) is 0 Å². The van der Waals surface area contributed by atoms with Gasteiger partial charge in [-0.25, -0.2) is 14.6 Å². The number of urea groups is 1. The molecular weight excluding hydrogens is 595 g/mol. The maximum absolute atomic E-state index is 13.4. The molecule has 0 heterocycles. The lowest BCUT2D eigenvalue weighted by molar-refractivity contribution is -0.139. The molecule has 0 saturated heterocycles. The average Bonchev–Trinajstić information content (AvgIpc) is 3.01. The Morgan fingerprint density at radius 2 is 1.43 bits per heavy atom. The number of nitrogens with zero attached hydrogens (tertiary/aromatic N) is 1. The Bertz CT molecular complexity index is 1560. The fourth-order valence-corrected chi connectivity index (χ4v) is 4.95. The Labute approximate surface area is 255 Å². The van der Waals surface area contributed by atoms with Crippen LogP contribution in [0.3, 0.4) is 0 Å². The second-order valence-corrected chi connectivity index (χ2v) is 10.5. The highest BCUT2D eigenvalue weighted by Crippen LogP contribution is 2.29. The lowest BCUT2D eigenvalue weighted by Crippen LogP contribution is -2.54. The van der Waals surface area contributed by atoms with Gasteiger partial charge in [0, 0.05) is 17.1 Å². The lowest BCUT2D eigenvalue weighted by atomic mass is 10.1. The number of thioether (sulfide) groups is 1. The van der Waals surface area contributed by atoms with E-state index in [1.54, 1.807) is 48.5 Å². The largest absolute Gasteiger partial charge is 0.480 e. The van der Waals surface area contributed by atoms with Crippen molar-refractivity contribution in [3.8, 4) is 11.5 Å². The molecule has 0 aliphatic heterocycles. The number of carbonyl (C=O) groups is 3. The van der Waals surface area contributed by atoms with Crippen LogP contribution < -0.4 is 15.5 Å². The van der Waals surface area contributed by atoms with Crippen molar-refractivity contribution in [2.24, 2.45) is 0 Å². The van der Waals surface area contributed by atoms with Gasteiger partial charge in [0.25, 0.3) is 5.91 Å². The van der Waals surface area contributed by atoms with Gasteiger partial charge in [0.2, 0.25) is 0 Å². The highest BCUT2D eigenvalue weighted by Gasteiger charge is 2.30. The van der Waals surface area contributed by atoms with E-state index in [2.05, 4.69) is 10.7 Å². The van der Waals surface area contributed by atoms with Crippen molar-refractivity contribution >= 4 is 29.7 Å². The molecule has 1 unspecified atom stereocenters. The van der Waals surface area contributed by atoms with Gasteiger partial charge in [-0.2, -0.15) is 24.9 Å². The first kappa shape index (κ1) is 32.0. The van der Waals surface area contributed by atoms with Gasteiger partial charge >= 0.3 is 18.2 Å². The zero-order valence-electron chi connectivity index (χ0n) is 23.2. The van der Waals surface area contributed by atoms with E-state index < -0.39 is 35.7 Å². The number of carboxylic acid groups (broad SMARTS) is 1. The third kappa shape index (κ3) is 9.53. The highest BCUT2D eigenvalue weighted by molar-refractivity contribution is 7.98. The number of amides is 3. The smallest absolute Gasteiger partial charge is 0.416 e. The Morgan fingerprint density at radius 1 is 0.818 bits per heavy atom. The number of para-hydroxylation sites is 1. The Balaban J connectivity index is 1.51. The van der Waals surface area contributed by atoms with Gasteiger partial charge in [-0.05, 0) is 59.7 Å². The fraction of sp³-hybridized carbons (Fsp3) is 0.156. The standard InChI is InChI=1S/C32H28F3N3O5S/c33-32(34,35)25-16-14-24(15-17-25)29(39)37-38(19-23-10-7-13-27(18-23)43-26-11-5-2-6-12-26)31(42)36-28(30(40)41)21-44-20-22-8-3-1-4-9-22/h1-18,28H,19-21H2,(H,36,42)(H,37,39)(H,40,41). The number of alkyl halides is 3. The Hall–Kier alpha value is -4.97.